The highest BCUT2D eigenvalue weighted by atomic mass is 16.5. The van der Waals surface area contributed by atoms with Gasteiger partial charge in [0.25, 0.3) is 0 Å². The van der Waals surface area contributed by atoms with E-state index in [0.29, 0.717) is 11.5 Å². The van der Waals surface area contributed by atoms with Gasteiger partial charge in [0.1, 0.15) is 5.72 Å². The van der Waals surface area contributed by atoms with Gasteiger partial charge in [0.05, 0.1) is 6.10 Å². The second kappa shape index (κ2) is 4.06. The predicted molar refractivity (Wildman–Crippen MR) is 62.8 cm³/mol. The lowest BCUT2D eigenvalue weighted by molar-refractivity contribution is -0.177. The van der Waals surface area contributed by atoms with E-state index in [9.17, 15) is 0 Å². The number of hydrogen-bond acceptors (Lipinski definition) is 2. The first kappa shape index (κ1) is 11.4. The van der Waals surface area contributed by atoms with E-state index >= 15 is 0 Å². The van der Waals surface area contributed by atoms with Crippen LogP contribution in [-0.4, -0.2) is 18.4 Å². The zero-order chi connectivity index (χ0) is 10.9. The topological polar surface area (TPSA) is 21.3 Å². The van der Waals surface area contributed by atoms with Crippen LogP contribution in [0.1, 0.15) is 59.3 Å². The molecule has 1 saturated carbocycles. The van der Waals surface area contributed by atoms with Crippen molar-refractivity contribution in [1.82, 2.24) is 5.32 Å². The summed E-state index contributed by atoms with van der Waals surface area (Å²) in [6.45, 7) is 8.11. The average molecular weight is 211 g/mol. The molecule has 0 bridgehead atoms. The van der Waals surface area contributed by atoms with E-state index in [0.717, 1.165) is 13.0 Å². The maximum Gasteiger partial charge on any atom is 0.120 e. The molecule has 15 heavy (non-hydrogen) atoms. The van der Waals surface area contributed by atoms with Crippen LogP contribution >= 0.6 is 0 Å². The monoisotopic (exact) mass is 211 g/mol. The smallest absolute Gasteiger partial charge is 0.120 e. The first-order chi connectivity index (χ1) is 7.05. The molecule has 88 valence electrons. The normalized spacial score (nSPS) is 40.6. The molecule has 1 aliphatic heterocycles. The van der Waals surface area contributed by atoms with Crippen LogP contribution in [0, 0.1) is 5.41 Å². The summed E-state index contributed by atoms with van der Waals surface area (Å²) in [5, 5.41) is 3.63. The molecule has 1 N–H and O–H groups in total. The van der Waals surface area contributed by atoms with Crippen LogP contribution in [0.15, 0.2) is 0 Å². The Balaban J connectivity index is 2.05. The van der Waals surface area contributed by atoms with Crippen LogP contribution in [0.25, 0.3) is 0 Å². The van der Waals surface area contributed by atoms with Crippen LogP contribution in [0.2, 0.25) is 0 Å². The van der Waals surface area contributed by atoms with Gasteiger partial charge in [0, 0.05) is 6.54 Å². The van der Waals surface area contributed by atoms with Gasteiger partial charge in [0.15, 0.2) is 0 Å². The maximum atomic E-state index is 6.29. The Morgan fingerprint density at radius 3 is 2.80 bits per heavy atom. The summed E-state index contributed by atoms with van der Waals surface area (Å²) < 4.78 is 6.29. The van der Waals surface area contributed by atoms with Crippen molar-refractivity contribution in [2.24, 2.45) is 5.41 Å². The van der Waals surface area contributed by atoms with Crippen molar-refractivity contribution in [3.63, 3.8) is 0 Å². The molecule has 2 heteroatoms. The summed E-state index contributed by atoms with van der Waals surface area (Å²) in [7, 11) is 0. The summed E-state index contributed by atoms with van der Waals surface area (Å²) in [5.74, 6) is 0. The molecule has 1 saturated heterocycles. The van der Waals surface area contributed by atoms with Crippen molar-refractivity contribution in [2.75, 3.05) is 6.54 Å². The molecule has 2 fully saturated rings. The Labute approximate surface area is 93.8 Å². The van der Waals surface area contributed by atoms with Crippen LogP contribution in [0.3, 0.4) is 0 Å². The van der Waals surface area contributed by atoms with Crippen molar-refractivity contribution in [1.29, 1.82) is 0 Å². The second-order valence-electron chi connectivity index (χ2n) is 6.05. The minimum Gasteiger partial charge on any atom is -0.357 e. The van der Waals surface area contributed by atoms with E-state index in [1.807, 2.05) is 0 Å². The molecule has 2 rings (SSSR count). The van der Waals surface area contributed by atoms with Gasteiger partial charge in [-0.3, -0.25) is 5.32 Å². The Kier molecular flexibility index (Phi) is 3.09. The number of rotatable bonds is 1. The zero-order valence-corrected chi connectivity index (χ0v) is 10.4. The fraction of sp³-hybridized carbons (Fsp3) is 1.00. The molecule has 0 aromatic carbocycles. The van der Waals surface area contributed by atoms with Gasteiger partial charge in [-0.1, -0.05) is 20.8 Å². The van der Waals surface area contributed by atoms with Gasteiger partial charge in [0.2, 0.25) is 0 Å². The molecule has 2 nitrogen and oxygen atoms in total. The van der Waals surface area contributed by atoms with Gasteiger partial charge in [-0.15, -0.1) is 0 Å². The van der Waals surface area contributed by atoms with Gasteiger partial charge >= 0.3 is 0 Å². The minimum absolute atomic E-state index is 0.0146. The molecule has 0 aromatic rings. The Morgan fingerprint density at radius 2 is 2.13 bits per heavy atom. The van der Waals surface area contributed by atoms with Gasteiger partial charge in [-0.05, 0) is 43.9 Å². The fourth-order valence-corrected chi connectivity index (χ4v) is 3.22. The lowest BCUT2D eigenvalue weighted by atomic mass is 9.72. The molecular weight excluding hydrogens is 186 g/mol. The Hall–Kier alpha value is -0.0800. The molecule has 2 aliphatic rings. The molecule has 0 aromatic heterocycles. The SMILES string of the molecule is CCC1CCNC2(CCCC(C)(C)C2)O1. The summed E-state index contributed by atoms with van der Waals surface area (Å²) >= 11 is 0. The molecule has 0 amide bonds. The maximum absolute atomic E-state index is 6.29. The van der Waals surface area contributed by atoms with Crippen molar-refractivity contribution in [3.8, 4) is 0 Å². The summed E-state index contributed by atoms with van der Waals surface area (Å²) in [6, 6.07) is 0. The lowest BCUT2D eigenvalue weighted by Crippen LogP contribution is -2.58. The minimum atomic E-state index is 0.0146. The van der Waals surface area contributed by atoms with E-state index in [-0.39, 0.29) is 5.72 Å². The molecule has 0 radical (unpaired) electrons. The fourth-order valence-electron chi connectivity index (χ4n) is 3.22. The highest BCUT2D eigenvalue weighted by Crippen LogP contribution is 2.43. The second-order valence-corrected chi connectivity index (χ2v) is 6.05. The lowest BCUT2D eigenvalue weighted by Gasteiger charge is -2.49. The Morgan fingerprint density at radius 1 is 1.33 bits per heavy atom. The first-order valence-corrected chi connectivity index (χ1v) is 6.48. The summed E-state index contributed by atoms with van der Waals surface area (Å²) in [4.78, 5) is 0. The molecular formula is C13H25NO. The molecule has 1 spiro atoms. The van der Waals surface area contributed by atoms with E-state index in [1.165, 1.54) is 32.1 Å². The number of ether oxygens (including phenoxy) is 1. The molecule has 1 heterocycles. The largest absolute Gasteiger partial charge is 0.357 e. The molecule has 1 aliphatic carbocycles. The highest BCUT2D eigenvalue weighted by molar-refractivity contribution is 4.93. The number of nitrogens with one attached hydrogen (secondary N) is 1. The number of hydrogen-bond donors (Lipinski definition) is 1. The van der Waals surface area contributed by atoms with Gasteiger partial charge in [-0.25, -0.2) is 0 Å². The van der Waals surface area contributed by atoms with Crippen molar-refractivity contribution in [2.45, 2.75) is 71.1 Å². The third kappa shape index (κ3) is 2.54. The van der Waals surface area contributed by atoms with Crippen molar-refractivity contribution < 1.29 is 4.74 Å². The van der Waals surface area contributed by atoms with E-state index in [1.54, 1.807) is 0 Å². The van der Waals surface area contributed by atoms with Gasteiger partial charge < -0.3 is 4.74 Å². The van der Waals surface area contributed by atoms with E-state index in [4.69, 9.17) is 4.74 Å². The van der Waals surface area contributed by atoms with Gasteiger partial charge in [-0.2, -0.15) is 0 Å². The molecule has 2 atom stereocenters. The Bertz CT molecular complexity index is 223. The standard InChI is InChI=1S/C13H25NO/c1-4-11-6-9-14-13(15-11)8-5-7-12(2,3)10-13/h11,14H,4-10H2,1-3H3. The van der Waals surface area contributed by atoms with E-state index < -0.39 is 0 Å². The quantitative estimate of drug-likeness (QED) is 0.719. The third-order valence-corrected chi connectivity index (χ3v) is 3.96. The predicted octanol–water partition coefficient (Wildman–Crippen LogP) is 3.07. The van der Waals surface area contributed by atoms with Crippen molar-refractivity contribution >= 4 is 0 Å². The third-order valence-electron chi connectivity index (χ3n) is 3.96. The summed E-state index contributed by atoms with van der Waals surface area (Å²) in [6.07, 6.45) is 7.85. The van der Waals surface area contributed by atoms with Crippen LogP contribution in [0.5, 0.6) is 0 Å². The highest BCUT2D eigenvalue weighted by Gasteiger charge is 2.43. The van der Waals surface area contributed by atoms with Crippen LogP contribution in [0.4, 0.5) is 0 Å². The molecule has 2 unspecified atom stereocenters. The van der Waals surface area contributed by atoms with Crippen molar-refractivity contribution in [3.05, 3.63) is 0 Å². The summed E-state index contributed by atoms with van der Waals surface area (Å²) in [5.41, 5.74) is 0.460. The zero-order valence-electron chi connectivity index (χ0n) is 10.4. The van der Waals surface area contributed by atoms with Crippen LogP contribution < -0.4 is 5.32 Å². The average Bonchev–Trinajstić information content (AvgIpc) is 2.15. The van der Waals surface area contributed by atoms with Crippen LogP contribution in [-0.2, 0) is 4.74 Å². The van der Waals surface area contributed by atoms with E-state index in [2.05, 4.69) is 26.1 Å². The first-order valence-electron chi connectivity index (χ1n) is 6.48.